The Bertz CT molecular complexity index is 728. The summed E-state index contributed by atoms with van der Waals surface area (Å²) in [6.07, 6.45) is -6.79. The number of allylic oxidation sites excluding steroid dienone is 2. The van der Waals surface area contributed by atoms with Crippen molar-refractivity contribution in [3.63, 3.8) is 0 Å². The van der Waals surface area contributed by atoms with Gasteiger partial charge in [0.15, 0.2) is 0 Å². The number of carbonyl (C=O) groups excluding carboxylic acids is 2. The molecule has 0 aromatic heterocycles. The average molecular weight is 402 g/mol. The number of ketones is 1. The number of nitrogens with one attached hydrogen (secondary N) is 2. The van der Waals surface area contributed by atoms with Crippen LogP contribution in [0.15, 0.2) is 36.0 Å². The molecule has 1 aromatic rings. The minimum atomic E-state index is -6.62. The fourth-order valence-electron chi connectivity index (χ4n) is 1.63. The number of hydrazine groups is 1. The number of hydrogen-bond donors (Lipinski definition) is 2. The van der Waals surface area contributed by atoms with Crippen LogP contribution < -0.4 is 15.6 Å². The molecular weight excluding hydrogens is 389 g/mol. The Balaban J connectivity index is 2.80. The molecule has 2 N–H and O–H groups in total. The molecule has 1 amide bonds. The molecule has 1 aromatic carbocycles. The molecule has 5 nitrogen and oxygen atoms in total. The maximum atomic E-state index is 13.2. The van der Waals surface area contributed by atoms with Gasteiger partial charge in [-0.25, -0.2) is 0 Å². The van der Waals surface area contributed by atoms with E-state index in [2.05, 4.69) is 0 Å². The van der Waals surface area contributed by atoms with Crippen molar-refractivity contribution in [3.05, 3.63) is 41.6 Å². The van der Waals surface area contributed by atoms with E-state index in [0.29, 0.717) is 5.75 Å². The molecule has 0 bridgehead atoms. The first-order valence-electron chi connectivity index (χ1n) is 6.99. The number of halogens is 7. The molecule has 0 saturated heterocycles. The lowest BCUT2D eigenvalue weighted by Crippen LogP contribution is -2.55. The molecule has 0 aliphatic heterocycles. The monoisotopic (exact) mass is 402 g/mol. The van der Waals surface area contributed by atoms with Crippen molar-refractivity contribution in [2.45, 2.75) is 24.9 Å². The predicted molar refractivity (Wildman–Crippen MR) is 78.3 cm³/mol. The van der Waals surface area contributed by atoms with Crippen LogP contribution in [-0.4, -0.2) is 36.8 Å². The Morgan fingerprint density at radius 3 is 1.93 bits per heavy atom. The summed E-state index contributed by atoms with van der Waals surface area (Å²) in [5, 5.41) is 0. The molecule has 12 heteroatoms. The minimum Gasteiger partial charge on any atom is -0.497 e. The van der Waals surface area contributed by atoms with Crippen LogP contribution in [0.3, 0.4) is 0 Å². The maximum absolute atomic E-state index is 13.2. The molecule has 0 atom stereocenters. The van der Waals surface area contributed by atoms with Crippen LogP contribution in [0.1, 0.15) is 17.3 Å². The van der Waals surface area contributed by atoms with Gasteiger partial charge >= 0.3 is 18.0 Å². The van der Waals surface area contributed by atoms with E-state index in [1.807, 2.05) is 10.9 Å². The second-order valence-electron chi connectivity index (χ2n) is 5.15. The highest BCUT2D eigenvalue weighted by Crippen LogP contribution is 2.47. The van der Waals surface area contributed by atoms with E-state index in [1.54, 1.807) is 0 Å². The summed E-state index contributed by atoms with van der Waals surface area (Å²) in [5.41, 5.74) is 3.39. The molecular formula is C15H13F7N2O3. The predicted octanol–water partition coefficient (Wildman–Crippen LogP) is 3.24. The van der Waals surface area contributed by atoms with Gasteiger partial charge in [-0.3, -0.25) is 15.0 Å². The highest BCUT2D eigenvalue weighted by atomic mass is 19.4. The largest absolute Gasteiger partial charge is 0.497 e. The number of hydrogen-bond acceptors (Lipinski definition) is 4. The summed E-state index contributed by atoms with van der Waals surface area (Å²) in [5.74, 6) is -15.7. The topological polar surface area (TPSA) is 67.4 Å². The van der Waals surface area contributed by atoms with Crippen LogP contribution in [0, 0.1) is 0 Å². The molecule has 0 saturated carbocycles. The number of carbonyl (C=O) groups is 2. The summed E-state index contributed by atoms with van der Waals surface area (Å²) >= 11 is 0. The van der Waals surface area contributed by atoms with Crippen LogP contribution >= 0.6 is 0 Å². The third-order valence-electron chi connectivity index (χ3n) is 3.13. The fourth-order valence-corrected chi connectivity index (χ4v) is 1.63. The van der Waals surface area contributed by atoms with Gasteiger partial charge in [0.2, 0.25) is 5.78 Å². The zero-order valence-electron chi connectivity index (χ0n) is 13.8. The van der Waals surface area contributed by atoms with E-state index < -0.39 is 35.4 Å². The summed E-state index contributed by atoms with van der Waals surface area (Å²) in [4.78, 5) is 23.0. The molecule has 0 aliphatic rings. The molecule has 0 spiro atoms. The van der Waals surface area contributed by atoms with Gasteiger partial charge in [-0.1, -0.05) is 0 Å². The first kappa shape index (κ1) is 22.3. The van der Waals surface area contributed by atoms with Crippen molar-refractivity contribution in [1.29, 1.82) is 0 Å². The molecule has 0 aliphatic carbocycles. The van der Waals surface area contributed by atoms with E-state index in [1.165, 1.54) is 31.4 Å². The van der Waals surface area contributed by atoms with E-state index in [9.17, 15) is 40.3 Å². The summed E-state index contributed by atoms with van der Waals surface area (Å²) in [6.45, 7) is 0.897. The average Bonchev–Trinajstić information content (AvgIpc) is 2.58. The third-order valence-corrected chi connectivity index (χ3v) is 3.13. The highest BCUT2D eigenvalue weighted by Gasteiger charge is 2.75. The number of ether oxygens (including phenoxy) is 1. The first-order chi connectivity index (χ1) is 12.2. The highest BCUT2D eigenvalue weighted by molar-refractivity contribution is 5.97. The summed E-state index contributed by atoms with van der Waals surface area (Å²) < 4.78 is 92.9. The first-order valence-corrected chi connectivity index (χ1v) is 6.99. The van der Waals surface area contributed by atoms with Crippen LogP contribution in [0.25, 0.3) is 0 Å². The number of benzene rings is 1. The second-order valence-corrected chi connectivity index (χ2v) is 5.15. The minimum absolute atomic E-state index is 0.0800. The van der Waals surface area contributed by atoms with Crippen molar-refractivity contribution < 1.29 is 45.1 Å². The van der Waals surface area contributed by atoms with E-state index in [0.717, 1.165) is 6.92 Å². The maximum Gasteiger partial charge on any atom is 0.460 e. The lowest BCUT2D eigenvalue weighted by atomic mass is 10.1. The normalized spacial score (nSPS) is 13.1. The van der Waals surface area contributed by atoms with Crippen molar-refractivity contribution in [3.8, 4) is 5.75 Å². The van der Waals surface area contributed by atoms with Crippen LogP contribution in [0.5, 0.6) is 5.75 Å². The lowest BCUT2D eigenvalue weighted by Gasteiger charge is -2.26. The molecule has 1 rings (SSSR count). The van der Waals surface area contributed by atoms with E-state index in [4.69, 9.17) is 4.74 Å². The quantitative estimate of drug-likeness (QED) is 0.418. The van der Waals surface area contributed by atoms with Crippen LogP contribution in [0.4, 0.5) is 30.7 Å². The molecule has 0 fully saturated rings. The number of methoxy groups -OCH3 is 1. The van der Waals surface area contributed by atoms with Crippen molar-refractivity contribution in [2.75, 3.05) is 7.11 Å². The van der Waals surface area contributed by atoms with Crippen molar-refractivity contribution >= 4 is 11.7 Å². The fraction of sp³-hybridized carbons (Fsp3) is 0.333. The standard InChI is InChI=1S/C15H13F7N2O3/c1-8(7-11(25)13(16,17)14(18,19)15(20,21)22)23-24-12(26)9-3-5-10(27-2)6-4-9/h3-7,23H,1-2H3,(H,24,26)/b8-7+. The van der Waals surface area contributed by atoms with E-state index >= 15 is 0 Å². The SMILES string of the molecule is COc1ccc(C(=O)NN/C(C)=C/C(=O)C(F)(F)C(F)(F)C(F)(F)F)cc1. The molecule has 0 radical (unpaired) electrons. The van der Waals surface area contributed by atoms with Gasteiger partial charge in [0.05, 0.1) is 7.11 Å². The Hall–Kier alpha value is -2.79. The zero-order chi connectivity index (χ0) is 21.0. The third kappa shape index (κ3) is 4.89. The smallest absolute Gasteiger partial charge is 0.460 e. The lowest BCUT2D eigenvalue weighted by molar-refractivity contribution is -0.342. The molecule has 0 heterocycles. The van der Waals surface area contributed by atoms with Gasteiger partial charge in [0, 0.05) is 17.3 Å². The zero-order valence-corrected chi connectivity index (χ0v) is 13.8. The number of amides is 1. The van der Waals surface area contributed by atoms with E-state index in [-0.39, 0.29) is 11.6 Å². The van der Waals surface area contributed by atoms with Crippen LogP contribution in [-0.2, 0) is 4.79 Å². The second kappa shape index (κ2) is 7.84. The van der Waals surface area contributed by atoms with Crippen molar-refractivity contribution in [1.82, 2.24) is 10.9 Å². The number of alkyl halides is 7. The summed E-state index contributed by atoms with van der Waals surface area (Å²) in [6, 6.07) is 5.53. The number of rotatable bonds is 7. The van der Waals surface area contributed by atoms with Gasteiger partial charge in [-0.05, 0) is 31.2 Å². The Kier molecular flexibility index (Phi) is 6.46. The molecule has 0 unspecified atom stereocenters. The van der Waals surface area contributed by atoms with Crippen molar-refractivity contribution in [2.24, 2.45) is 0 Å². The van der Waals surface area contributed by atoms with Gasteiger partial charge in [-0.15, -0.1) is 0 Å². The van der Waals surface area contributed by atoms with Crippen LogP contribution in [0.2, 0.25) is 0 Å². The van der Waals surface area contributed by atoms with Gasteiger partial charge in [0.1, 0.15) is 5.75 Å². The Morgan fingerprint density at radius 1 is 0.963 bits per heavy atom. The van der Waals surface area contributed by atoms with Gasteiger partial charge in [-0.2, -0.15) is 30.7 Å². The Morgan fingerprint density at radius 2 is 1.48 bits per heavy atom. The summed E-state index contributed by atoms with van der Waals surface area (Å²) in [7, 11) is 1.39. The molecule has 27 heavy (non-hydrogen) atoms. The molecule has 150 valence electrons. The Labute approximate surface area is 148 Å². The van der Waals surface area contributed by atoms with Gasteiger partial charge < -0.3 is 10.2 Å². The van der Waals surface area contributed by atoms with Gasteiger partial charge in [0.25, 0.3) is 5.91 Å².